The minimum atomic E-state index is -0.475. The quantitative estimate of drug-likeness (QED) is 0.605. The standard InChI is InChI=1S/C13H27N3O3/c1-10(2)16-11(17)9-14-7-6-8-15-12(18)19-13(3,4)5/h10,14H,6-9H2,1-5H3,(H,15,18)(H,16,17). The molecule has 0 spiro atoms. The van der Waals surface area contributed by atoms with Crippen LogP contribution in [0.15, 0.2) is 0 Å². The predicted molar refractivity (Wildman–Crippen MR) is 75.0 cm³/mol. The van der Waals surface area contributed by atoms with Gasteiger partial charge in [0.15, 0.2) is 0 Å². The molecule has 0 aromatic rings. The fraction of sp³-hybridized carbons (Fsp3) is 0.846. The third-order valence-electron chi connectivity index (χ3n) is 1.93. The Morgan fingerprint density at radius 3 is 2.32 bits per heavy atom. The highest BCUT2D eigenvalue weighted by molar-refractivity contribution is 5.78. The Morgan fingerprint density at radius 2 is 1.79 bits per heavy atom. The predicted octanol–water partition coefficient (Wildman–Crippen LogP) is 1.02. The molecule has 2 amide bonds. The van der Waals surface area contributed by atoms with Crippen molar-refractivity contribution in [3.63, 3.8) is 0 Å². The Morgan fingerprint density at radius 1 is 1.16 bits per heavy atom. The lowest BCUT2D eigenvalue weighted by Gasteiger charge is -2.19. The fourth-order valence-electron chi connectivity index (χ4n) is 1.29. The monoisotopic (exact) mass is 273 g/mol. The lowest BCUT2D eigenvalue weighted by molar-refractivity contribution is -0.120. The lowest BCUT2D eigenvalue weighted by Crippen LogP contribution is -2.38. The number of carbonyl (C=O) groups excluding carboxylic acids is 2. The first kappa shape index (κ1) is 17.7. The Bertz CT molecular complexity index is 285. The summed E-state index contributed by atoms with van der Waals surface area (Å²) in [5, 5.41) is 8.45. The minimum absolute atomic E-state index is 0.0184. The van der Waals surface area contributed by atoms with Crippen molar-refractivity contribution in [2.75, 3.05) is 19.6 Å². The van der Waals surface area contributed by atoms with Gasteiger partial charge in [0.25, 0.3) is 0 Å². The fourth-order valence-corrected chi connectivity index (χ4v) is 1.29. The van der Waals surface area contributed by atoms with E-state index in [9.17, 15) is 9.59 Å². The molecule has 0 aromatic carbocycles. The molecule has 6 nitrogen and oxygen atoms in total. The van der Waals surface area contributed by atoms with Gasteiger partial charge in [-0.15, -0.1) is 0 Å². The second-order valence-electron chi connectivity index (χ2n) is 5.68. The van der Waals surface area contributed by atoms with Crippen LogP contribution < -0.4 is 16.0 Å². The molecule has 0 radical (unpaired) electrons. The van der Waals surface area contributed by atoms with Crippen molar-refractivity contribution < 1.29 is 14.3 Å². The number of alkyl carbamates (subject to hydrolysis) is 1. The van der Waals surface area contributed by atoms with E-state index in [4.69, 9.17) is 4.74 Å². The van der Waals surface area contributed by atoms with Crippen LogP contribution in [0, 0.1) is 0 Å². The van der Waals surface area contributed by atoms with E-state index in [0.29, 0.717) is 19.6 Å². The largest absolute Gasteiger partial charge is 0.444 e. The molecular formula is C13H27N3O3. The maximum absolute atomic E-state index is 11.3. The van der Waals surface area contributed by atoms with Gasteiger partial charge in [-0.3, -0.25) is 4.79 Å². The maximum atomic E-state index is 11.3. The van der Waals surface area contributed by atoms with Crippen molar-refractivity contribution in [1.29, 1.82) is 0 Å². The molecule has 0 aliphatic heterocycles. The molecule has 3 N–H and O–H groups in total. The Balaban J connectivity index is 3.46. The second-order valence-corrected chi connectivity index (χ2v) is 5.68. The van der Waals surface area contributed by atoms with Crippen molar-refractivity contribution in [3.8, 4) is 0 Å². The van der Waals surface area contributed by atoms with Crippen molar-refractivity contribution in [2.24, 2.45) is 0 Å². The molecule has 0 aromatic heterocycles. The van der Waals surface area contributed by atoms with E-state index in [-0.39, 0.29) is 11.9 Å². The Kier molecular flexibility index (Phi) is 8.14. The third kappa shape index (κ3) is 12.9. The van der Waals surface area contributed by atoms with E-state index < -0.39 is 11.7 Å². The van der Waals surface area contributed by atoms with Crippen LogP contribution in [0.25, 0.3) is 0 Å². The van der Waals surface area contributed by atoms with E-state index in [2.05, 4.69) is 16.0 Å². The van der Waals surface area contributed by atoms with Gasteiger partial charge >= 0.3 is 6.09 Å². The molecule has 0 fully saturated rings. The molecule has 0 unspecified atom stereocenters. The molecule has 0 aliphatic rings. The number of hydrogen-bond acceptors (Lipinski definition) is 4. The van der Waals surface area contributed by atoms with Crippen LogP contribution >= 0.6 is 0 Å². The summed E-state index contributed by atoms with van der Waals surface area (Å²) in [6.07, 6.45) is 0.332. The van der Waals surface area contributed by atoms with Gasteiger partial charge in [0.05, 0.1) is 6.54 Å². The lowest BCUT2D eigenvalue weighted by atomic mass is 10.2. The molecule has 0 bridgehead atoms. The zero-order valence-electron chi connectivity index (χ0n) is 12.6. The number of ether oxygens (including phenoxy) is 1. The summed E-state index contributed by atoms with van der Waals surface area (Å²) in [5.74, 6) is -0.0184. The summed E-state index contributed by atoms with van der Waals surface area (Å²) < 4.78 is 5.09. The highest BCUT2D eigenvalue weighted by Crippen LogP contribution is 2.06. The van der Waals surface area contributed by atoms with Crippen molar-refractivity contribution in [2.45, 2.75) is 52.7 Å². The zero-order valence-corrected chi connectivity index (χ0v) is 12.6. The molecule has 0 atom stereocenters. The first-order chi connectivity index (χ1) is 8.70. The first-order valence-corrected chi connectivity index (χ1v) is 6.67. The van der Waals surface area contributed by atoms with Gasteiger partial charge in [0, 0.05) is 12.6 Å². The normalized spacial score (nSPS) is 11.3. The third-order valence-corrected chi connectivity index (χ3v) is 1.93. The number of rotatable bonds is 7. The van der Waals surface area contributed by atoms with Gasteiger partial charge in [-0.2, -0.15) is 0 Å². The maximum Gasteiger partial charge on any atom is 0.407 e. The van der Waals surface area contributed by atoms with Gasteiger partial charge in [-0.05, 0) is 47.6 Å². The van der Waals surface area contributed by atoms with E-state index >= 15 is 0 Å². The summed E-state index contributed by atoms with van der Waals surface area (Å²) in [6.45, 7) is 10.8. The van der Waals surface area contributed by atoms with E-state index in [1.165, 1.54) is 0 Å². The molecule has 0 aliphatic carbocycles. The summed E-state index contributed by atoms with van der Waals surface area (Å²) >= 11 is 0. The molecule has 0 saturated carbocycles. The van der Waals surface area contributed by atoms with Crippen LogP contribution in [0.3, 0.4) is 0 Å². The van der Waals surface area contributed by atoms with Crippen LogP contribution in [0.4, 0.5) is 4.79 Å². The topological polar surface area (TPSA) is 79.5 Å². The molecule has 0 heterocycles. The minimum Gasteiger partial charge on any atom is -0.444 e. The summed E-state index contributed by atoms with van der Waals surface area (Å²) in [4.78, 5) is 22.6. The van der Waals surface area contributed by atoms with Crippen molar-refractivity contribution in [1.82, 2.24) is 16.0 Å². The molecular weight excluding hydrogens is 246 g/mol. The number of carbonyl (C=O) groups is 2. The summed E-state index contributed by atoms with van der Waals surface area (Å²) in [5.41, 5.74) is -0.475. The molecule has 6 heteroatoms. The SMILES string of the molecule is CC(C)NC(=O)CNCCCNC(=O)OC(C)(C)C. The van der Waals surface area contributed by atoms with Gasteiger partial charge in [0.2, 0.25) is 5.91 Å². The number of nitrogens with one attached hydrogen (secondary N) is 3. The van der Waals surface area contributed by atoms with Crippen LogP contribution in [0.5, 0.6) is 0 Å². The highest BCUT2D eigenvalue weighted by atomic mass is 16.6. The average Bonchev–Trinajstić information content (AvgIpc) is 2.19. The van der Waals surface area contributed by atoms with E-state index in [1.54, 1.807) is 0 Å². The molecule has 0 rings (SSSR count). The van der Waals surface area contributed by atoms with Gasteiger partial charge in [-0.25, -0.2) is 4.79 Å². The van der Waals surface area contributed by atoms with Crippen LogP contribution in [-0.2, 0) is 9.53 Å². The Labute approximate surface area is 115 Å². The smallest absolute Gasteiger partial charge is 0.407 e. The van der Waals surface area contributed by atoms with Crippen molar-refractivity contribution in [3.05, 3.63) is 0 Å². The van der Waals surface area contributed by atoms with Crippen LogP contribution in [0.1, 0.15) is 41.0 Å². The average molecular weight is 273 g/mol. The van der Waals surface area contributed by atoms with Gasteiger partial charge < -0.3 is 20.7 Å². The molecule has 112 valence electrons. The summed E-state index contributed by atoms with van der Waals surface area (Å²) in [6, 6.07) is 0.156. The first-order valence-electron chi connectivity index (χ1n) is 6.67. The summed E-state index contributed by atoms with van der Waals surface area (Å²) in [7, 11) is 0. The zero-order chi connectivity index (χ0) is 14.9. The molecule has 19 heavy (non-hydrogen) atoms. The number of amides is 2. The van der Waals surface area contributed by atoms with Crippen molar-refractivity contribution >= 4 is 12.0 Å². The highest BCUT2D eigenvalue weighted by Gasteiger charge is 2.15. The Hall–Kier alpha value is -1.30. The number of hydrogen-bond donors (Lipinski definition) is 3. The van der Waals surface area contributed by atoms with E-state index in [1.807, 2.05) is 34.6 Å². The van der Waals surface area contributed by atoms with Crippen LogP contribution in [0.2, 0.25) is 0 Å². The van der Waals surface area contributed by atoms with Gasteiger partial charge in [-0.1, -0.05) is 0 Å². The van der Waals surface area contributed by atoms with Crippen LogP contribution in [-0.4, -0.2) is 43.3 Å². The second kappa shape index (κ2) is 8.74. The molecule has 0 saturated heterocycles. The van der Waals surface area contributed by atoms with E-state index in [0.717, 1.165) is 6.42 Å². The van der Waals surface area contributed by atoms with Gasteiger partial charge in [0.1, 0.15) is 5.60 Å².